The first-order chi connectivity index (χ1) is 21.2. The van der Waals surface area contributed by atoms with Gasteiger partial charge in [-0.15, -0.1) is 0 Å². The van der Waals surface area contributed by atoms with Gasteiger partial charge in [-0.2, -0.15) is 0 Å². The number of halogens is 1. The van der Waals surface area contributed by atoms with Crippen LogP contribution in [-0.2, 0) is 32.6 Å². The number of carbonyl (C=O) groups excluding carboxylic acids is 2. The number of nitrogens with one attached hydrogen (secondary N) is 1. The summed E-state index contributed by atoms with van der Waals surface area (Å²) in [6.45, 7) is 1.92. The molecule has 3 aromatic rings. The molecule has 1 N–H and O–H groups in total. The molecular weight excluding hydrogens is 646 g/mol. The molecule has 44 heavy (non-hydrogen) atoms. The Balaban J connectivity index is 1.52. The molecule has 0 saturated heterocycles. The Bertz CT molecular complexity index is 1560. The van der Waals surface area contributed by atoms with Crippen LogP contribution in [0, 0.1) is 0 Å². The largest absolute Gasteiger partial charge is 0.486 e. The number of nitrogens with zero attached hydrogens (tertiary/aromatic N) is 2. The SMILES string of the molecule is CCS(=O)(=O)N(CC(=O)N(Cc1cccc(Br)c1)[C@@H](Cc1ccccc1)C(=O)NC1CCCC1)c1ccc2c(c1)OCCO2. The van der Waals surface area contributed by atoms with Crippen molar-refractivity contribution in [2.75, 3.05) is 29.8 Å². The molecular formula is C33H38BrN3O6S. The lowest BCUT2D eigenvalue weighted by atomic mass is 10.0. The number of anilines is 1. The topological polar surface area (TPSA) is 105 Å². The number of amides is 2. The highest BCUT2D eigenvalue weighted by Crippen LogP contribution is 2.35. The Labute approximate surface area is 267 Å². The highest BCUT2D eigenvalue weighted by atomic mass is 79.9. The Hall–Kier alpha value is -3.57. The van der Waals surface area contributed by atoms with Crippen LogP contribution < -0.4 is 19.1 Å². The minimum Gasteiger partial charge on any atom is -0.486 e. The van der Waals surface area contributed by atoms with Gasteiger partial charge in [-0.25, -0.2) is 8.42 Å². The molecule has 1 atom stereocenters. The molecule has 1 heterocycles. The van der Waals surface area contributed by atoms with E-state index in [4.69, 9.17) is 9.47 Å². The number of hydrogen-bond donors (Lipinski definition) is 1. The minimum atomic E-state index is -3.89. The average Bonchev–Trinajstić information content (AvgIpc) is 3.54. The van der Waals surface area contributed by atoms with E-state index in [1.807, 2.05) is 54.6 Å². The average molecular weight is 685 g/mol. The van der Waals surface area contributed by atoms with Crippen molar-refractivity contribution in [2.24, 2.45) is 0 Å². The van der Waals surface area contributed by atoms with Crippen molar-refractivity contribution in [3.05, 3.63) is 88.4 Å². The molecule has 2 amide bonds. The van der Waals surface area contributed by atoms with Crippen molar-refractivity contribution in [3.8, 4) is 11.5 Å². The van der Waals surface area contributed by atoms with Crippen LogP contribution in [0.3, 0.4) is 0 Å². The number of fused-ring (bicyclic) bond motifs is 1. The van der Waals surface area contributed by atoms with E-state index >= 15 is 0 Å². The van der Waals surface area contributed by atoms with Crippen LogP contribution in [0.5, 0.6) is 11.5 Å². The summed E-state index contributed by atoms with van der Waals surface area (Å²) < 4.78 is 40.2. The van der Waals surface area contributed by atoms with E-state index in [1.54, 1.807) is 18.2 Å². The Morgan fingerprint density at radius 2 is 1.64 bits per heavy atom. The van der Waals surface area contributed by atoms with E-state index in [1.165, 1.54) is 11.8 Å². The molecule has 9 nitrogen and oxygen atoms in total. The van der Waals surface area contributed by atoms with Gasteiger partial charge in [0.25, 0.3) is 0 Å². The monoisotopic (exact) mass is 683 g/mol. The van der Waals surface area contributed by atoms with Gasteiger partial charge in [0.15, 0.2) is 11.5 Å². The molecule has 1 aliphatic carbocycles. The van der Waals surface area contributed by atoms with Gasteiger partial charge in [0, 0.05) is 29.5 Å². The zero-order valence-corrected chi connectivity index (χ0v) is 27.2. The molecule has 5 rings (SSSR count). The molecule has 0 unspecified atom stereocenters. The molecule has 0 aromatic heterocycles. The maximum atomic E-state index is 14.4. The van der Waals surface area contributed by atoms with Crippen molar-refractivity contribution in [3.63, 3.8) is 0 Å². The Morgan fingerprint density at radius 1 is 0.932 bits per heavy atom. The van der Waals surface area contributed by atoms with Crippen molar-refractivity contribution in [1.82, 2.24) is 10.2 Å². The first-order valence-corrected chi connectivity index (χ1v) is 17.4. The molecule has 0 spiro atoms. The number of carbonyl (C=O) groups is 2. The van der Waals surface area contributed by atoms with Crippen molar-refractivity contribution in [1.29, 1.82) is 0 Å². The van der Waals surface area contributed by atoms with Gasteiger partial charge in [-0.3, -0.25) is 13.9 Å². The second-order valence-corrected chi connectivity index (χ2v) is 14.2. The predicted molar refractivity (Wildman–Crippen MR) is 173 cm³/mol. The lowest BCUT2D eigenvalue weighted by Crippen LogP contribution is -2.54. The van der Waals surface area contributed by atoms with Gasteiger partial charge < -0.3 is 19.7 Å². The normalized spacial score (nSPS) is 15.4. The molecule has 1 saturated carbocycles. The first kappa shape index (κ1) is 31.8. The second kappa shape index (κ2) is 14.5. The van der Waals surface area contributed by atoms with Crippen LogP contribution in [0.4, 0.5) is 5.69 Å². The number of benzene rings is 3. The third-order valence-corrected chi connectivity index (χ3v) is 10.2. The molecule has 234 valence electrons. The van der Waals surface area contributed by atoms with Crippen LogP contribution in [0.1, 0.15) is 43.7 Å². The fraction of sp³-hybridized carbons (Fsp3) is 0.394. The van der Waals surface area contributed by atoms with E-state index < -0.39 is 28.5 Å². The summed E-state index contributed by atoms with van der Waals surface area (Å²) in [5.41, 5.74) is 2.00. The van der Waals surface area contributed by atoms with Crippen LogP contribution >= 0.6 is 15.9 Å². The lowest BCUT2D eigenvalue weighted by molar-refractivity contribution is -0.140. The third-order valence-electron chi connectivity index (χ3n) is 8.01. The lowest BCUT2D eigenvalue weighted by Gasteiger charge is -2.34. The maximum Gasteiger partial charge on any atom is 0.244 e. The van der Waals surface area contributed by atoms with Crippen molar-refractivity contribution >= 4 is 43.5 Å². The molecule has 0 bridgehead atoms. The quantitative estimate of drug-likeness (QED) is 0.286. The van der Waals surface area contributed by atoms with Crippen molar-refractivity contribution < 1.29 is 27.5 Å². The number of hydrogen-bond acceptors (Lipinski definition) is 6. The number of rotatable bonds is 12. The molecule has 3 aromatic carbocycles. The van der Waals surface area contributed by atoms with Gasteiger partial charge in [-0.1, -0.05) is 71.2 Å². The highest BCUT2D eigenvalue weighted by Gasteiger charge is 2.35. The number of sulfonamides is 1. The molecule has 11 heteroatoms. The van der Waals surface area contributed by atoms with E-state index in [-0.39, 0.29) is 30.7 Å². The summed E-state index contributed by atoms with van der Waals surface area (Å²) in [7, 11) is -3.89. The fourth-order valence-electron chi connectivity index (χ4n) is 5.66. The smallest absolute Gasteiger partial charge is 0.244 e. The summed E-state index contributed by atoms with van der Waals surface area (Å²) in [4.78, 5) is 29.9. The van der Waals surface area contributed by atoms with Gasteiger partial charge in [0.05, 0.1) is 11.4 Å². The van der Waals surface area contributed by atoms with E-state index in [0.29, 0.717) is 30.4 Å². The molecule has 0 radical (unpaired) electrons. The Kier molecular flexibility index (Phi) is 10.5. The predicted octanol–water partition coefficient (Wildman–Crippen LogP) is 5.08. The van der Waals surface area contributed by atoms with E-state index in [0.717, 1.165) is 45.6 Å². The molecule has 1 fully saturated rings. The summed E-state index contributed by atoms with van der Waals surface area (Å²) in [5.74, 6) is -0.00671. The molecule has 1 aliphatic heterocycles. The highest BCUT2D eigenvalue weighted by molar-refractivity contribution is 9.10. The fourth-order valence-corrected chi connectivity index (χ4v) is 7.16. The van der Waals surface area contributed by atoms with Crippen LogP contribution in [-0.4, -0.2) is 62.7 Å². The van der Waals surface area contributed by atoms with E-state index in [2.05, 4.69) is 21.2 Å². The van der Waals surface area contributed by atoms with E-state index in [9.17, 15) is 18.0 Å². The maximum absolute atomic E-state index is 14.4. The zero-order valence-electron chi connectivity index (χ0n) is 24.8. The minimum absolute atomic E-state index is 0.0540. The molecule has 2 aliphatic rings. The van der Waals surface area contributed by atoms with Crippen LogP contribution in [0.15, 0.2) is 77.3 Å². The van der Waals surface area contributed by atoms with Gasteiger partial charge in [0.1, 0.15) is 25.8 Å². The first-order valence-electron chi connectivity index (χ1n) is 15.0. The van der Waals surface area contributed by atoms with Gasteiger partial charge >= 0.3 is 0 Å². The zero-order chi connectivity index (χ0) is 31.1. The van der Waals surface area contributed by atoms with Crippen molar-refractivity contribution in [2.45, 2.75) is 57.7 Å². The standard InChI is InChI=1S/C33H38BrN3O6S/c1-2-44(40,41)37(28-15-16-30-31(21-28)43-18-17-42-30)23-32(38)36(22-25-11-8-12-26(34)19-25)29(20-24-9-4-3-5-10-24)33(39)35-27-13-6-7-14-27/h3-5,8-12,15-16,19,21,27,29H,2,6-7,13-14,17-18,20,22-23H2,1H3,(H,35,39)/t29-/m0/s1. The summed E-state index contributed by atoms with van der Waals surface area (Å²) in [5, 5.41) is 3.19. The summed E-state index contributed by atoms with van der Waals surface area (Å²) in [6.07, 6.45) is 4.18. The van der Waals surface area contributed by atoms with Gasteiger partial charge in [-0.05, 0) is 55.2 Å². The van der Waals surface area contributed by atoms with Crippen LogP contribution in [0.2, 0.25) is 0 Å². The second-order valence-electron chi connectivity index (χ2n) is 11.1. The number of ether oxygens (including phenoxy) is 2. The van der Waals surface area contributed by atoms with Gasteiger partial charge in [0.2, 0.25) is 21.8 Å². The summed E-state index contributed by atoms with van der Waals surface area (Å²) >= 11 is 3.51. The summed E-state index contributed by atoms with van der Waals surface area (Å²) in [6, 6.07) is 21.2. The Morgan fingerprint density at radius 3 is 2.34 bits per heavy atom. The van der Waals surface area contributed by atoms with Crippen LogP contribution in [0.25, 0.3) is 0 Å². The third kappa shape index (κ3) is 7.92.